The number of halogens is 1. The lowest BCUT2D eigenvalue weighted by atomic mass is 9.77. The van der Waals surface area contributed by atoms with E-state index in [1.165, 1.54) is 0 Å². The molecule has 3 heterocycles. The molecule has 1 saturated heterocycles. The number of fused-ring (bicyclic) bond motifs is 1. The van der Waals surface area contributed by atoms with Crippen molar-refractivity contribution >= 4 is 33.5 Å². The zero-order chi connectivity index (χ0) is 26.0. The fourth-order valence-corrected chi connectivity index (χ4v) is 6.04. The van der Waals surface area contributed by atoms with Crippen LogP contribution in [0.15, 0.2) is 97.1 Å². The van der Waals surface area contributed by atoms with Gasteiger partial charge in [0, 0.05) is 18.9 Å². The summed E-state index contributed by atoms with van der Waals surface area (Å²) in [4.78, 5) is 4.61. The fourth-order valence-electron chi connectivity index (χ4n) is 5.32. The van der Waals surface area contributed by atoms with Gasteiger partial charge in [-0.15, -0.1) is 0 Å². The lowest BCUT2D eigenvalue weighted by molar-refractivity contribution is 0.0244. The quantitative estimate of drug-likeness (QED) is 0.166. The van der Waals surface area contributed by atoms with Crippen molar-refractivity contribution in [3.8, 4) is 11.9 Å². The average Bonchev–Trinajstić information content (AvgIpc) is 3.32. The second kappa shape index (κ2) is 10.6. The first-order valence-corrected chi connectivity index (χ1v) is 13.7. The van der Waals surface area contributed by atoms with E-state index in [0.29, 0.717) is 24.8 Å². The highest BCUT2D eigenvalue weighted by Gasteiger charge is 2.41. The van der Waals surface area contributed by atoms with Gasteiger partial charge in [-0.25, -0.2) is 9.67 Å². The Morgan fingerprint density at radius 1 is 0.868 bits per heavy atom. The number of pyridine rings is 1. The molecule has 5 aromatic rings. The number of ether oxygens (including phenoxy) is 2. The van der Waals surface area contributed by atoms with Crippen molar-refractivity contribution in [3.05, 3.63) is 123 Å². The van der Waals surface area contributed by atoms with E-state index in [2.05, 4.69) is 106 Å². The van der Waals surface area contributed by atoms with Crippen molar-refractivity contribution in [3.63, 3.8) is 0 Å². The summed E-state index contributed by atoms with van der Waals surface area (Å²) in [6.07, 6.45) is 1.55. The van der Waals surface area contributed by atoms with Gasteiger partial charge < -0.3 is 9.47 Å². The molecule has 0 aliphatic carbocycles. The number of rotatable bonds is 6. The predicted molar refractivity (Wildman–Crippen MR) is 154 cm³/mol. The molecule has 6 rings (SSSR count). The van der Waals surface area contributed by atoms with Crippen LogP contribution in [-0.2, 0) is 10.3 Å². The van der Waals surface area contributed by atoms with E-state index in [4.69, 9.17) is 14.6 Å². The minimum absolute atomic E-state index is 0.0188. The molecule has 0 saturated carbocycles. The standard InChI is InChI=1S/C31H25IN4O2/c32-29-28-27(20-25(21-33)34-30(28)38-26-16-18-37-19-17-26)36(35-29)31(22-10-4-1-5-11-22,23-12-6-2-7-13-23)24-14-8-3-9-15-24/h1-15,20,26H,16-19H2. The van der Waals surface area contributed by atoms with Crippen LogP contribution >= 0.6 is 22.6 Å². The van der Waals surface area contributed by atoms with Gasteiger partial charge in [-0.05, 0) is 39.3 Å². The van der Waals surface area contributed by atoms with E-state index in [1.807, 2.05) is 28.9 Å². The van der Waals surface area contributed by atoms with Gasteiger partial charge in [0.05, 0.1) is 24.1 Å². The second-order valence-corrected chi connectivity index (χ2v) is 10.3. The Bertz CT molecular complexity index is 1500. The van der Waals surface area contributed by atoms with Crippen LogP contribution in [0.1, 0.15) is 35.2 Å². The highest BCUT2D eigenvalue weighted by molar-refractivity contribution is 14.1. The topological polar surface area (TPSA) is 73.0 Å². The monoisotopic (exact) mass is 612 g/mol. The summed E-state index contributed by atoms with van der Waals surface area (Å²) in [5.41, 5.74) is 3.44. The van der Waals surface area contributed by atoms with Gasteiger partial charge in [-0.3, -0.25) is 0 Å². The van der Waals surface area contributed by atoms with Crippen LogP contribution in [0.25, 0.3) is 10.9 Å². The number of hydrogen-bond acceptors (Lipinski definition) is 5. The highest BCUT2D eigenvalue weighted by Crippen LogP contribution is 2.44. The molecule has 0 N–H and O–H groups in total. The van der Waals surface area contributed by atoms with E-state index in [0.717, 1.165) is 44.1 Å². The lowest BCUT2D eigenvalue weighted by Gasteiger charge is -2.37. The zero-order valence-electron chi connectivity index (χ0n) is 20.6. The number of nitrogens with zero attached hydrogens (tertiary/aromatic N) is 4. The average molecular weight is 612 g/mol. The Morgan fingerprint density at radius 3 is 1.89 bits per heavy atom. The Morgan fingerprint density at radius 2 is 1.39 bits per heavy atom. The minimum Gasteiger partial charge on any atom is -0.474 e. The van der Waals surface area contributed by atoms with Crippen molar-refractivity contribution in [1.82, 2.24) is 14.8 Å². The predicted octanol–water partition coefficient (Wildman–Crippen LogP) is 6.31. The molecule has 3 aromatic carbocycles. The van der Waals surface area contributed by atoms with Crippen LogP contribution in [0.2, 0.25) is 0 Å². The van der Waals surface area contributed by atoms with Crippen LogP contribution in [-0.4, -0.2) is 34.1 Å². The molecule has 0 unspecified atom stereocenters. The molecule has 0 amide bonds. The van der Waals surface area contributed by atoms with Gasteiger partial charge in [0.1, 0.15) is 27.1 Å². The largest absolute Gasteiger partial charge is 0.474 e. The summed E-state index contributed by atoms with van der Waals surface area (Å²) in [5.74, 6) is 0.449. The second-order valence-electron chi connectivity index (χ2n) is 9.26. The SMILES string of the molecule is N#Cc1cc2c(c(I)nn2C(c2ccccc2)(c2ccccc2)c2ccccc2)c(OC2CCOCC2)n1. The minimum atomic E-state index is -0.810. The van der Waals surface area contributed by atoms with Crippen molar-refractivity contribution in [1.29, 1.82) is 5.26 Å². The Hall–Kier alpha value is -3.74. The summed E-state index contributed by atoms with van der Waals surface area (Å²) in [7, 11) is 0. The molecule has 0 radical (unpaired) electrons. The van der Waals surface area contributed by atoms with Crippen LogP contribution in [0, 0.1) is 15.0 Å². The molecule has 38 heavy (non-hydrogen) atoms. The van der Waals surface area contributed by atoms with Gasteiger partial charge >= 0.3 is 0 Å². The third-order valence-electron chi connectivity index (χ3n) is 7.04. The summed E-state index contributed by atoms with van der Waals surface area (Å²) >= 11 is 2.26. The van der Waals surface area contributed by atoms with Gasteiger partial charge in [-0.1, -0.05) is 91.0 Å². The van der Waals surface area contributed by atoms with E-state index in [1.54, 1.807) is 0 Å². The first kappa shape index (κ1) is 24.6. The lowest BCUT2D eigenvalue weighted by Crippen LogP contribution is -2.38. The Labute approximate surface area is 235 Å². The van der Waals surface area contributed by atoms with E-state index < -0.39 is 5.54 Å². The Balaban J connectivity index is 1.69. The molecule has 6 nitrogen and oxygen atoms in total. The summed E-state index contributed by atoms with van der Waals surface area (Å²) in [6.45, 7) is 1.31. The van der Waals surface area contributed by atoms with Gasteiger partial charge in [-0.2, -0.15) is 10.4 Å². The Kier molecular flexibility index (Phi) is 6.83. The summed E-state index contributed by atoms with van der Waals surface area (Å²) in [6, 6.07) is 35.2. The van der Waals surface area contributed by atoms with E-state index in [9.17, 15) is 5.26 Å². The molecule has 0 spiro atoms. The van der Waals surface area contributed by atoms with Crippen molar-refractivity contribution in [2.75, 3.05) is 13.2 Å². The maximum absolute atomic E-state index is 9.96. The first-order valence-electron chi connectivity index (χ1n) is 12.6. The smallest absolute Gasteiger partial charge is 0.227 e. The van der Waals surface area contributed by atoms with Crippen LogP contribution in [0.4, 0.5) is 0 Å². The normalized spacial score (nSPS) is 14.3. The molecule has 0 atom stereocenters. The number of nitriles is 1. The van der Waals surface area contributed by atoms with Gasteiger partial charge in [0.2, 0.25) is 5.88 Å². The van der Waals surface area contributed by atoms with Crippen molar-refractivity contribution in [2.45, 2.75) is 24.5 Å². The third-order valence-corrected chi connectivity index (χ3v) is 7.80. The first-order chi connectivity index (χ1) is 18.7. The fraction of sp³-hybridized carbons (Fsp3) is 0.194. The van der Waals surface area contributed by atoms with Gasteiger partial charge in [0.25, 0.3) is 0 Å². The number of benzene rings is 3. The highest BCUT2D eigenvalue weighted by atomic mass is 127. The summed E-state index contributed by atoms with van der Waals surface area (Å²) in [5, 5.41) is 15.9. The van der Waals surface area contributed by atoms with Crippen molar-refractivity contribution < 1.29 is 9.47 Å². The number of aromatic nitrogens is 3. The summed E-state index contributed by atoms with van der Waals surface area (Å²) < 4.78 is 14.8. The maximum atomic E-state index is 9.96. The molecule has 188 valence electrons. The molecule has 2 aromatic heterocycles. The zero-order valence-corrected chi connectivity index (χ0v) is 22.8. The van der Waals surface area contributed by atoms with E-state index in [-0.39, 0.29) is 6.10 Å². The molecular formula is C31H25IN4O2. The molecule has 7 heteroatoms. The van der Waals surface area contributed by atoms with Gasteiger partial charge in [0.15, 0.2) is 0 Å². The molecular weight excluding hydrogens is 587 g/mol. The van der Waals surface area contributed by atoms with Crippen molar-refractivity contribution in [2.24, 2.45) is 0 Å². The molecule has 1 fully saturated rings. The molecule has 1 aliphatic rings. The van der Waals surface area contributed by atoms with Crippen LogP contribution < -0.4 is 4.74 Å². The third kappa shape index (κ3) is 4.24. The van der Waals surface area contributed by atoms with Crippen LogP contribution in [0.3, 0.4) is 0 Å². The molecule has 0 bridgehead atoms. The van der Waals surface area contributed by atoms with E-state index >= 15 is 0 Å². The van der Waals surface area contributed by atoms with Crippen LogP contribution in [0.5, 0.6) is 5.88 Å². The number of hydrogen-bond donors (Lipinski definition) is 0. The maximum Gasteiger partial charge on any atom is 0.227 e. The molecule has 1 aliphatic heterocycles.